The first-order valence-corrected chi connectivity index (χ1v) is 14.0. The van der Waals surface area contributed by atoms with Crippen molar-refractivity contribution in [1.82, 2.24) is 5.32 Å². The van der Waals surface area contributed by atoms with Gasteiger partial charge in [0.25, 0.3) is 0 Å². The predicted octanol–water partition coefficient (Wildman–Crippen LogP) is 7.19. The van der Waals surface area contributed by atoms with E-state index in [1.807, 2.05) is 0 Å². The zero-order chi connectivity index (χ0) is 24.1. The SMILES string of the molecule is C=C(CBr)C(OCCCCCCCCCCCCCCCC)OC(=O)NCC[N+](C)(C)C. The molecule has 0 heterocycles. The fourth-order valence-corrected chi connectivity index (χ4v) is 3.68. The molecule has 0 spiro atoms. The normalized spacial score (nSPS) is 12.5. The highest BCUT2D eigenvalue weighted by Gasteiger charge is 2.18. The average molecular weight is 521 g/mol. The first kappa shape index (κ1) is 31.4. The molecule has 0 aliphatic heterocycles. The largest absolute Gasteiger partial charge is 0.415 e. The van der Waals surface area contributed by atoms with Gasteiger partial charge in [-0.3, -0.25) is 0 Å². The molecule has 0 rings (SSSR count). The van der Waals surface area contributed by atoms with E-state index in [4.69, 9.17) is 9.47 Å². The van der Waals surface area contributed by atoms with E-state index in [0.29, 0.717) is 18.5 Å². The molecule has 32 heavy (non-hydrogen) atoms. The van der Waals surface area contributed by atoms with Crippen LogP contribution in [0.5, 0.6) is 0 Å². The number of carbonyl (C=O) groups excluding carboxylic acids is 1. The topological polar surface area (TPSA) is 47.6 Å². The summed E-state index contributed by atoms with van der Waals surface area (Å²) in [5, 5.41) is 3.33. The number of nitrogens with one attached hydrogen (secondary N) is 1. The van der Waals surface area contributed by atoms with Crippen molar-refractivity contribution in [3.63, 3.8) is 0 Å². The van der Waals surface area contributed by atoms with E-state index in [0.717, 1.165) is 29.4 Å². The first-order valence-electron chi connectivity index (χ1n) is 12.9. The number of rotatable bonds is 22. The van der Waals surface area contributed by atoms with Gasteiger partial charge in [0.05, 0.1) is 40.8 Å². The van der Waals surface area contributed by atoms with E-state index in [-0.39, 0.29) is 0 Å². The standard InChI is InChI=1S/C26H51BrN2O3/c1-6-7-8-9-10-11-12-13-14-15-16-17-18-19-22-31-25(24(2)23-27)32-26(30)28-20-21-29(3,4)5/h25H,2,6-23H2,1,3-5H3/p+1. The van der Waals surface area contributed by atoms with Crippen LogP contribution in [0.1, 0.15) is 96.8 Å². The minimum atomic E-state index is -0.694. The van der Waals surface area contributed by atoms with Crippen LogP contribution >= 0.6 is 15.9 Å². The van der Waals surface area contributed by atoms with E-state index in [1.165, 1.54) is 77.0 Å². The lowest BCUT2D eigenvalue weighted by molar-refractivity contribution is -0.869. The number of hydrogen-bond donors (Lipinski definition) is 1. The number of ether oxygens (including phenoxy) is 2. The van der Waals surface area contributed by atoms with Crippen LogP contribution in [0.4, 0.5) is 4.79 Å². The second-order valence-electron chi connectivity index (χ2n) is 9.94. The van der Waals surface area contributed by atoms with Crippen LogP contribution in [0, 0.1) is 0 Å². The molecule has 0 saturated heterocycles. The molecule has 0 aliphatic rings. The van der Waals surface area contributed by atoms with Gasteiger partial charge in [0.2, 0.25) is 6.29 Å². The summed E-state index contributed by atoms with van der Waals surface area (Å²) in [6, 6.07) is 0. The second-order valence-corrected chi connectivity index (χ2v) is 10.5. The maximum absolute atomic E-state index is 12.0. The number of nitrogens with zero attached hydrogens (tertiary/aromatic N) is 1. The molecule has 5 nitrogen and oxygen atoms in total. The van der Waals surface area contributed by atoms with Gasteiger partial charge in [-0.1, -0.05) is 113 Å². The van der Waals surface area contributed by atoms with Crippen molar-refractivity contribution < 1.29 is 18.8 Å². The third kappa shape index (κ3) is 21.3. The Morgan fingerprint density at radius 1 is 0.875 bits per heavy atom. The highest BCUT2D eigenvalue weighted by molar-refractivity contribution is 9.09. The number of alkyl carbamates (subject to hydrolysis) is 1. The molecule has 0 aliphatic carbocycles. The van der Waals surface area contributed by atoms with E-state index in [1.54, 1.807) is 0 Å². The third-order valence-corrected chi connectivity index (χ3v) is 6.26. The number of amides is 1. The Morgan fingerprint density at radius 3 is 1.78 bits per heavy atom. The Morgan fingerprint density at radius 2 is 1.34 bits per heavy atom. The van der Waals surface area contributed by atoms with Crippen molar-refractivity contribution in [3.05, 3.63) is 12.2 Å². The zero-order valence-corrected chi connectivity index (χ0v) is 23.1. The van der Waals surface area contributed by atoms with Crippen LogP contribution in [0.25, 0.3) is 0 Å². The van der Waals surface area contributed by atoms with Gasteiger partial charge in [0.15, 0.2) is 0 Å². The highest BCUT2D eigenvalue weighted by Crippen LogP contribution is 2.14. The van der Waals surface area contributed by atoms with E-state index < -0.39 is 12.4 Å². The molecule has 1 unspecified atom stereocenters. The zero-order valence-electron chi connectivity index (χ0n) is 21.6. The van der Waals surface area contributed by atoms with Crippen molar-refractivity contribution in [3.8, 4) is 0 Å². The summed E-state index contributed by atoms with van der Waals surface area (Å²) in [5.74, 6) is 0. The third-order valence-electron chi connectivity index (χ3n) is 5.54. The summed E-state index contributed by atoms with van der Waals surface area (Å²) in [7, 11) is 6.26. The number of hydrogen-bond acceptors (Lipinski definition) is 3. The van der Waals surface area contributed by atoms with Crippen LogP contribution in [-0.2, 0) is 9.47 Å². The van der Waals surface area contributed by atoms with Crippen LogP contribution in [0.15, 0.2) is 12.2 Å². The molecule has 0 aromatic carbocycles. The van der Waals surface area contributed by atoms with Crippen LogP contribution < -0.4 is 5.32 Å². The van der Waals surface area contributed by atoms with Gasteiger partial charge in [-0.25, -0.2) is 4.79 Å². The molecule has 0 radical (unpaired) electrons. The highest BCUT2D eigenvalue weighted by atomic mass is 79.9. The molecule has 190 valence electrons. The maximum atomic E-state index is 12.0. The second kappa shape index (κ2) is 21.0. The summed E-state index contributed by atoms with van der Waals surface area (Å²) in [4.78, 5) is 12.0. The quantitative estimate of drug-likeness (QED) is 0.0540. The molecule has 0 aromatic heterocycles. The number of carbonyl (C=O) groups is 1. The Hall–Kier alpha value is -0.590. The predicted molar refractivity (Wildman–Crippen MR) is 140 cm³/mol. The number of quaternary nitrogens is 1. The molecular weight excluding hydrogens is 468 g/mol. The fourth-order valence-electron chi connectivity index (χ4n) is 3.42. The minimum absolute atomic E-state index is 0.452. The van der Waals surface area contributed by atoms with E-state index in [2.05, 4.69) is 55.9 Å². The number of unbranched alkanes of at least 4 members (excludes halogenated alkanes) is 13. The van der Waals surface area contributed by atoms with Gasteiger partial charge in [-0.15, -0.1) is 0 Å². The Balaban J connectivity index is 3.71. The van der Waals surface area contributed by atoms with Gasteiger partial charge in [-0.05, 0) is 6.42 Å². The Kier molecular flexibility index (Phi) is 20.6. The smallest absolute Gasteiger partial charge is 0.409 e. The Labute approximate surface area is 207 Å². The van der Waals surface area contributed by atoms with Crippen LogP contribution in [0.2, 0.25) is 0 Å². The molecule has 6 heteroatoms. The van der Waals surface area contributed by atoms with Crippen molar-refractivity contribution in [1.29, 1.82) is 0 Å². The molecule has 0 fully saturated rings. The molecule has 1 atom stereocenters. The summed E-state index contributed by atoms with van der Waals surface area (Å²) in [6.07, 6.45) is 17.5. The number of alkyl halides is 1. The maximum Gasteiger partial charge on any atom is 0.409 e. The first-order chi connectivity index (χ1) is 15.3. The monoisotopic (exact) mass is 519 g/mol. The number of halogens is 1. The molecule has 0 aromatic rings. The minimum Gasteiger partial charge on any atom is -0.415 e. The van der Waals surface area contributed by atoms with Crippen molar-refractivity contribution in [2.45, 2.75) is 103 Å². The van der Waals surface area contributed by atoms with Crippen molar-refractivity contribution in [2.24, 2.45) is 0 Å². The molecular formula is C26H52BrN2O3+. The van der Waals surface area contributed by atoms with Crippen molar-refractivity contribution >= 4 is 22.0 Å². The summed E-state index contributed by atoms with van der Waals surface area (Å²) in [5.41, 5.74) is 0.720. The van der Waals surface area contributed by atoms with Crippen LogP contribution in [-0.4, -0.2) is 63.0 Å². The summed E-state index contributed by atoms with van der Waals surface area (Å²) in [6.45, 7) is 8.21. The molecule has 0 bridgehead atoms. The Bertz CT molecular complexity index is 466. The van der Waals surface area contributed by atoms with E-state index in [9.17, 15) is 4.79 Å². The van der Waals surface area contributed by atoms with E-state index >= 15 is 0 Å². The van der Waals surface area contributed by atoms with Gasteiger partial charge >= 0.3 is 6.09 Å². The van der Waals surface area contributed by atoms with Gasteiger partial charge in [-0.2, -0.15) is 0 Å². The van der Waals surface area contributed by atoms with Gasteiger partial charge in [0.1, 0.15) is 0 Å². The lowest BCUT2D eigenvalue weighted by Crippen LogP contribution is -2.42. The summed E-state index contributed by atoms with van der Waals surface area (Å²) >= 11 is 3.38. The van der Waals surface area contributed by atoms with Gasteiger partial charge < -0.3 is 19.3 Å². The van der Waals surface area contributed by atoms with Gasteiger partial charge in [0, 0.05) is 10.9 Å². The lowest BCUT2D eigenvalue weighted by Gasteiger charge is -2.24. The van der Waals surface area contributed by atoms with Crippen molar-refractivity contribution in [2.75, 3.05) is 46.2 Å². The molecule has 1 amide bonds. The fraction of sp³-hybridized carbons (Fsp3) is 0.885. The molecule has 0 saturated carbocycles. The lowest BCUT2D eigenvalue weighted by atomic mass is 10.0. The molecule has 1 N–H and O–H groups in total. The van der Waals surface area contributed by atoms with Crippen LogP contribution in [0.3, 0.4) is 0 Å². The number of likely N-dealkylation sites (N-methyl/N-ethyl adjacent to an activating group) is 1. The average Bonchev–Trinajstić information content (AvgIpc) is 2.74. The summed E-state index contributed by atoms with van der Waals surface area (Å²) < 4.78 is 12.0.